The molecule has 0 saturated carbocycles. The maximum Gasteiger partial charge on any atom is 0.224 e. The zero-order chi connectivity index (χ0) is 11.4. The molecule has 2 N–H and O–H groups in total. The van der Waals surface area contributed by atoms with Crippen LogP contribution in [0.2, 0.25) is 0 Å². The highest BCUT2D eigenvalue weighted by Gasteiger charge is 2.10. The van der Waals surface area contributed by atoms with Gasteiger partial charge in [0.15, 0.2) is 0 Å². The summed E-state index contributed by atoms with van der Waals surface area (Å²) in [6.07, 6.45) is 0. The molecule has 0 heterocycles. The van der Waals surface area contributed by atoms with E-state index in [0.717, 1.165) is 5.56 Å². The summed E-state index contributed by atoms with van der Waals surface area (Å²) in [5.41, 5.74) is 6.64. The van der Waals surface area contributed by atoms with Crippen LogP contribution in [0.1, 0.15) is 24.0 Å². The molecule has 0 aliphatic heterocycles. The normalized spacial score (nSPS) is 14.5. The highest BCUT2D eigenvalue weighted by molar-refractivity contribution is 7.78. The van der Waals surface area contributed by atoms with E-state index in [2.05, 4.69) is 0 Å². The third-order valence-electron chi connectivity index (χ3n) is 2.19. The van der Waals surface area contributed by atoms with Crippen LogP contribution in [0.5, 0.6) is 0 Å². The van der Waals surface area contributed by atoms with E-state index in [4.69, 9.17) is 5.73 Å². The third-order valence-corrected chi connectivity index (χ3v) is 2.76. The van der Waals surface area contributed by atoms with Gasteiger partial charge in [0.2, 0.25) is 5.91 Å². The van der Waals surface area contributed by atoms with Crippen LogP contribution < -0.4 is 5.73 Å². The van der Waals surface area contributed by atoms with E-state index in [1.165, 1.54) is 0 Å². The summed E-state index contributed by atoms with van der Waals surface area (Å²) in [5.74, 6) is -0.752. The van der Waals surface area contributed by atoms with Crippen LogP contribution in [0.25, 0.3) is 0 Å². The molecule has 1 rings (SSSR count). The van der Waals surface area contributed by atoms with Crippen molar-refractivity contribution in [2.24, 2.45) is 5.73 Å². The molecule has 1 amide bonds. The zero-order valence-corrected chi connectivity index (χ0v) is 9.12. The summed E-state index contributed by atoms with van der Waals surface area (Å²) in [6.45, 7) is 1.71. The van der Waals surface area contributed by atoms with Gasteiger partial charge >= 0.3 is 0 Å². The molecule has 0 radical (unpaired) electrons. The topological polar surface area (TPSA) is 83.2 Å². The Bertz CT molecular complexity index is 375. The second-order valence-corrected chi connectivity index (χ2v) is 4.21. The fraction of sp³-hybridized carbons (Fsp3) is 0.300. The number of rotatable bonds is 4. The van der Waals surface area contributed by atoms with Crippen LogP contribution in [-0.2, 0) is 21.6 Å². The Morgan fingerprint density at radius 3 is 2.40 bits per heavy atom. The van der Waals surface area contributed by atoms with Crippen LogP contribution in [0.4, 0.5) is 0 Å². The average molecular weight is 226 g/mol. The van der Waals surface area contributed by atoms with Crippen molar-refractivity contribution in [1.29, 1.82) is 0 Å². The lowest BCUT2D eigenvalue weighted by Gasteiger charge is -2.09. The number of nitrogens with two attached hydrogens (primary N) is 1. The molecule has 0 aliphatic carbocycles. The Hall–Kier alpha value is -1.20. The van der Waals surface area contributed by atoms with Gasteiger partial charge in [0.25, 0.3) is 0 Å². The summed E-state index contributed by atoms with van der Waals surface area (Å²) in [6, 6.07) is 6.81. The Kier molecular flexibility index (Phi) is 3.99. The monoisotopic (exact) mass is 226 g/mol. The molecule has 0 bridgehead atoms. The Morgan fingerprint density at radius 1 is 1.47 bits per heavy atom. The number of carbonyl (C=O) groups excluding carboxylic acids is 1. The Labute approximate surface area is 90.8 Å². The summed E-state index contributed by atoms with van der Waals surface area (Å²) < 4.78 is 20.8. The first-order valence-electron chi connectivity index (χ1n) is 4.44. The van der Waals surface area contributed by atoms with Crippen molar-refractivity contribution >= 4 is 17.0 Å². The molecule has 5 heteroatoms. The average Bonchev–Trinajstić information content (AvgIpc) is 2.17. The van der Waals surface area contributed by atoms with E-state index in [1.807, 2.05) is 0 Å². The third kappa shape index (κ3) is 3.45. The fourth-order valence-electron chi connectivity index (χ4n) is 1.20. The molecule has 1 aromatic carbocycles. The zero-order valence-electron chi connectivity index (χ0n) is 8.30. The lowest BCUT2D eigenvalue weighted by Crippen LogP contribution is -2.18. The molecule has 2 unspecified atom stereocenters. The van der Waals surface area contributed by atoms with E-state index in [9.17, 15) is 13.6 Å². The van der Waals surface area contributed by atoms with E-state index in [0.29, 0.717) is 5.56 Å². The molecule has 0 fully saturated rings. The van der Waals surface area contributed by atoms with E-state index < -0.39 is 17.0 Å². The van der Waals surface area contributed by atoms with Crippen molar-refractivity contribution in [2.75, 3.05) is 0 Å². The molecular weight excluding hydrogens is 214 g/mol. The molecule has 0 aromatic heterocycles. The SMILES string of the molecule is CC(C(N)=O)c1ccc(CS(=O)[O-])cc1. The number of hydrogen-bond acceptors (Lipinski definition) is 3. The van der Waals surface area contributed by atoms with Gasteiger partial charge in [0.05, 0.1) is 5.92 Å². The maximum absolute atomic E-state index is 10.9. The minimum atomic E-state index is -2.08. The Morgan fingerprint density at radius 2 is 2.00 bits per heavy atom. The van der Waals surface area contributed by atoms with Gasteiger partial charge in [-0.05, 0) is 18.1 Å². The second kappa shape index (κ2) is 5.04. The molecule has 0 saturated heterocycles. The van der Waals surface area contributed by atoms with E-state index in [-0.39, 0.29) is 11.7 Å². The van der Waals surface area contributed by atoms with Crippen LogP contribution in [-0.4, -0.2) is 14.7 Å². The Balaban J connectivity index is 2.80. The quantitative estimate of drug-likeness (QED) is 0.765. The summed E-state index contributed by atoms with van der Waals surface area (Å²) in [5, 5.41) is 0. The minimum Gasteiger partial charge on any atom is -0.772 e. The van der Waals surface area contributed by atoms with Gasteiger partial charge in [0, 0.05) is 5.75 Å². The molecule has 1 aromatic rings. The highest BCUT2D eigenvalue weighted by Crippen LogP contribution is 2.15. The van der Waals surface area contributed by atoms with Gasteiger partial charge in [0.1, 0.15) is 0 Å². The van der Waals surface area contributed by atoms with E-state index >= 15 is 0 Å². The maximum atomic E-state index is 10.9. The van der Waals surface area contributed by atoms with Crippen molar-refractivity contribution in [3.05, 3.63) is 35.4 Å². The van der Waals surface area contributed by atoms with Gasteiger partial charge in [-0.25, -0.2) is 0 Å². The standard InChI is InChI=1S/C10H13NO3S/c1-7(10(11)12)9-4-2-8(3-5-9)6-15(13)14/h2-5,7H,6H2,1H3,(H2,11,12)(H,13,14)/p-1. The van der Waals surface area contributed by atoms with E-state index in [1.54, 1.807) is 31.2 Å². The highest BCUT2D eigenvalue weighted by atomic mass is 32.2. The van der Waals surface area contributed by atoms with Crippen LogP contribution in [0.3, 0.4) is 0 Å². The lowest BCUT2D eigenvalue weighted by molar-refractivity contribution is -0.119. The second-order valence-electron chi connectivity index (χ2n) is 3.31. The van der Waals surface area contributed by atoms with Crippen LogP contribution >= 0.6 is 0 Å². The van der Waals surface area contributed by atoms with Crippen molar-refractivity contribution in [3.63, 3.8) is 0 Å². The van der Waals surface area contributed by atoms with Gasteiger partial charge in [-0.2, -0.15) is 0 Å². The first-order valence-corrected chi connectivity index (χ1v) is 5.69. The largest absolute Gasteiger partial charge is 0.772 e. The van der Waals surface area contributed by atoms with Crippen molar-refractivity contribution in [2.45, 2.75) is 18.6 Å². The van der Waals surface area contributed by atoms with Crippen molar-refractivity contribution in [3.8, 4) is 0 Å². The van der Waals surface area contributed by atoms with Crippen molar-refractivity contribution in [1.82, 2.24) is 0 Å². The molecule has 82 valence electrons. The minimum absolute atomic E-state index is 0.00870. The molecule has 0 aliphatic rings. The van der Waals surface area contributed by atoms with Crippen molar-refractivity contribution < 1.29 is 13.6 Å². The smallest absolute Gasteiger partial charge is 0.224 e. The summed E-state index contributed by atoms with van der Waals surface area (Å²) in [7, 11) is 0. The number of primary amides is 1. The summed E-state index contributed by atoms with van der Waals surface area (Å²) >= 11 is -2.08. The molecule has 4 nitrogen and oxygen atoms in total. The van der Waals surface area contributed by atoms with Gasteiger partial charge in [-0.1, -0.05) is 35.3 Å². The molecule has 0 spiro atoms. The number of carbonyl (C=O) groups is 1. The fourth-order valence-corrected chi connectivity index (χ4v) is 1.67. The van der Waals surface area contributed by atoms with Crippen LogP contribution in [0, 0.1) is 0 Å². The first kappa shape index (κ1) is 11.9. The predicted octanol–water partition coefficient (Wildman–Crippen LogP) is 0.654. The van der Waals surface area contributed by atoms with Crippen LogP contribution in [0.15, 0.2) is 24.3 Å². The number of hydrogen-bond donors (Lipinski definition) is 1. The lowest BCUT2D eigenvalue weighted by atomic mass is 10.00. The molecular formula is C10H12NO3S-. The summed E-state index contributed by atoms with van der Waals surface area (Å²) in [4.78, 5) is 10.9. The first-order chi connectivity index (χ1) is 7.00. The molecule has 15 heavy (non-hydrogen) atoms. The number of amides is 1. The molecule has 2 atom stereocenters. The van der Waals surface area contributed by atoms with Gasteiger partial charge in [-0.3, -0.25) is 9.00 Å². The predicted molar refractivity (Wildman–Crippen MR) is 56.7 cm³/mol. The van der Waals surface area contributed by atoms with Gasteiger partial charge in [-0.15, -0.1) is 0 Å². The number of benzene rings is 1. The van der Waals surface area contributed by atoms with Gasteiger partial charge < -0.3 is 10.3 Å².